The molecule has 1 aliphatic carbocycles. The molecule has 1 saturated carbocycles. The Bertz CT molecular complexity index is 1390. The molecule has 0 bridgehead atoms. The number of amides is 3. The standard InChI is InChI=1S/C30H31FN6O3/c1-18(20-7-9-22(31)10-8-20)34-29(38)24-13-19(15-32)16-33-28(24)35-27(21-5-3-2-4-6-21)17-40-23-11-12-25-26(14-23)37-30(39)36-25/h2-10,13,16,18,23,25-27H,11-12,14,17H2,1H3,(H,33,35)(H,34,38)(H2,36,37,39)/t18-,23?,25?,26?,27-/m0/s1. The fourth-order valence-corrected chi connectivity index (χ4v) is 5.22. The first-order valence-electron chi connectivity index (χ1n) is 13.4. The Labute approximate surface area is 232 Å². The molecule has 2 aliphatic rings. The van der Waals surface area contributed by atoms with Gasteiger partial charge in [0.2, 0.25) is 0 Å². The molecule has 0 spiro atoms. The highest BCUT2D eigenvalue weighted by atomic mass is 19.1. The summed E-state index contributed by atoms with van der Waals surface area (Å²) >= 11 is 0. The van der Waals surface area contributed by atoms with Gasteiger partial charge in [0, 0.05) is 6.20 Å². The second-order valence-electron chi connectivity index (χ2n) is 10.2. The van der Waals surface area contributed by atoms with Gasteiger partial charge in [-0.25, -0.2) is 14.2 Å². The summed E-state index contributed by atoms with van der Waals surface area (Å²) in [5.41, 5.74) is 2.16. The van der Waals surface area contributed by atoms with Crippen LogP contribution in [0.1, 0.15) is 65.3 Å². The predicted molar refractivity (Wildman–Crippen MR) is 147 cm³/mol. The van der Waals surface area contributed by atoms with Gasteiger partial charge in [0.25, 0.3) is 5.91 Å². The van der Waals surface area contributed by atoms with E-state index in [1.807, 2.05) is 36.4 Å². The van der Waals surface area contributed by atoms with E-state index >= 15 is 0 Å². The molecule has 3 amide bonds. The number of rotatable bonds is 9. The quantitative estimate of drug-likeness (QED) is 0.318. The Morgan fingerprint density at radius 3 is 2.62 bits per heavy atom. The van der Waals surface area contributed by atoms with Crippen molar-refractivity contribution in [1.82, 2.24) is 20.9 Å². The molecule has 5 atom stereocenters. The molecule has 40 heavy (non-hydrogen) atoms. The molecular formula is C30H31FN6O3. The maximum absolute atomic E-state index is 13.4. The number of hydrogen-bond acceptors (Lipinski definition) is 6. The molecule has 1 aromatic heterocycles. The number of carbonyl (C=O) groups excluding carboxylic acids is 2. The number of benzene rings is 2. The van der Waals surface area contributed by atoms with E-state index in [1.54, 1.807) is 19.1 Å². The normalized spacial score (nSPS) is 21.2. The van der Waals surface area contributed by atoms with E-state index in [2.05, 4.69) is 26.3 Å². The molecule has 10 heteroatoms. The molecule has 4 N–H and O–H groups in total. The lowest BCUT2D eigenvalue weighted by Crippen LogP contribution is -2.42. The molecule has 206 valence electrons. The number of urea groups is 1. The van der Waals surface area contributed by atoms with Crippen molar-refractivity contribution in [1.29, 1.82) is 5.26 Å². The monoisotopic (exact) mass is 542 g/mol. The second kappa shape index (κ2) is 12.1. The van der Waals surface area contributed by atoms with Crippen molar-refractivity contribution in [3.63, 3.8) is 0 Å². The van der Waals surface area contributed by atoms with Crippen LogP contribution in [0.4, 0.5) is 15.0 Å². The number of nitrogens with one attached hydrogen (secondary N) is 4. The maximum Gasteiger partial charge on any atom is 0.315 e. The lowest BCUT2D eigenvalue weighted by Gasteiger charge is -2.32. The van der Waals surface area contributed by atoms with Gasteiger partial charge in [-0.15, -0.1) is 0 Å². The highest BCUT2D eigenvalue weighted by molar-refractivity contribution is 5.99. The molecule has 9 nitrogen and oxygen atoms in total. The van der Waals surface area contributed by atoms with Crippen molar-refractivity contribution in [3.05, 3.63) is 94.9 Å². The number of nitrogens with zero attached hydrogens (tertiary/aromatic N) is 2. The summed E-state index contributed by atoms with van der Waals surface area (Å²) < 4.78 is 19.7. The lowest BCUT2D eigenvalue weighted by molar-refractivity contribution is 0.0137. The van der Waals surface area contributed by atoms with Gasteiger partial charge in [0.05, 0.1) is 48.0 Å². The molecule has 3 unspecified atom stereocenters. The number of aromatic nitrogens is 1. The van der Waals surface area contributed by atoms with Crippen LogP contribution in [0.25, 0.3) is 0 Å². The molecule has 2 fully saturated rings. The number of ether oxygens (including phenoxy) is 1. The van der Waals surface area contributed by atoms with Crippen molar-refractivity contribution in [3.8, 4) is 6.07 Å². The van der Waals surface area contributed by atoms with E-state index in [-0.39, 0.29) is 47.2 Å². The van der Waals surface area contributed by atoms with Crippen LogP contribution in [0, 0.1) is 17.1 Å². The smallest absolute Gasteiger partial charge is 0.315 e. The molecule has 5 rings (SSSR count). The Balaban J connectivity index is 1.33. The minimum Gasteiger partial charge on any atom is -0.376 e. The molecule has 1 aliphatic heterocycles. The Kier molecular flexibility index (Phi) is 8.22. The molecule has 2 heterocycles. The summed E-state index contributed by atoms with van der Waals surface area (Å²) in [6.45, 7) is 2.11. The average molecular weight is 543 g/mol. The van der Waals surface area contributed by atoms with Crippen LogP contribution in [0.5, 0.6) is 0 Å². The minimum absolute atomic E-state index is 0.0253. The predicted octanol–water partition coefficient (Wildman–Crippen LogP) is 4.36. The van der Waals surface area contributed by atoms with Gasteiger partial charge >= 0.3 is 6.03 Å². The van der Waals surface area contributed by atoms with Crippen molar-refractivity contribution in [2.24, 2.45) is 0 Å². The fraction of sp³-hybridized carbons (Fsp3) is 0.333. The Morgan fingerprint density at radius 1 is 1.12 bits per heavy atom. The minimum atomic E-state index is -0.417. The summed E-state index contributed by atoms with van der Waals surface area (Å²) in [7, 11) is 0. The van der Waals surface area contributed by atoms with Crippen molar-refractivity contribution >= 4 is 17.8 Å². The summed E-state index contributed by atoms with van der Waals surface area (Å²) in [6, 6.07) is 18.5. The number of anilines is 1. The molecule has 0 radical (unpaired) electrons. The van der Waals surface area contributed by atoms with E-state index in [9.17, 15) is 19.2 Å². The van der Waals surface area contributed by atoms with E-state index in [1.165, 1.54) is 24.4 Å². The fourth-order valence-electron chi connectivity index (χ4n) is 5.22. The topological polar surface area (TPSA) is 128 Å². The van der Waals surface area contributed by atoms with Gasteiger partial charge in [-0.1, -0.05) is 42.5 Å². The summed E-state index contributed by atoms with van der Waals surface area (Å²) in [4.78, 5) is 29.5. The van der Waals surface area contributed by atoms with Gasteiger partial charge in [-0.05, 0) is 55.5 Å². The van der Waals surface area contributed by atoms with Crippen molar-refractivity contribution in [2.45, 2.75) is 56.5 Å². The van der Waals surface area contributed by atoms with E-state index in [0.717, 1.165) is 30.4 Å². The number of fused-ring (bicyclic) bond motifs is 1. The van der Waals surface area contributed by atoms with Gasteiger partial charge in [0.1, 0.15) is 17.7 Å². The van der Waals surface area contributed by atoms with Gasteiger partial charge in [-0.3, -0.25) is 4.79 Å². The highest BCUT2D eigenvalue weighted by Crippen LogP contribution is 2.28. The van der Waals surface area contributed by atoms with Crippen LogP contribution >= 0.6 is 0 Å². The third kappa shape index (κ3) is 6.38. The third-order valence-electron chi connectivity index (χ3n) is 7.43. The Hall–Kier alpha value is -4.49. The van der Waals surface area contributed by atoms with Crippen LogP contribution in [-0.4, -0.2) is 41.7 Å². The summed E-state index contributed by atoms with van der Waals surface area (Å²) in [5.74, 6) is -0.456. The first-order chi connectivity index (χ1) is 19.4. The Morgan fingerprint density at radius 2 is 1.88 bits per heavy atom. The van der Waals surface area contributed by atoms with Crippen LogP contribution in [0.3, 0.4) is 0 Å². The third-order valence-corrected chi connectivity index (χ3v) is 7.43. The zero-order chi connectivity index (χ0) is 28.1. The summed E-state index contributed by atoms with van der Waals surface area (Å²) in [5, 5.41) is 21.7. The number of nitriles is 1. The number of halogens is 1. The van der Waals surface area contributed by atoms with Crippen LogP contribution in [0.2, 0.25) is 0 Å². The first-order valence-corrected chi connectivity index (χ1v) is 13.4. The first kappa shape index (κ1) is 27.1. The van der Waals surface area contributed by atoms with E-state index in [4.69, 9.17) is 4.74 Å². The van der Waals surface area contributed by atoms with E-state index in [0.29, 0.717) is 12.4 Å². The average Bonchev–Trinajstić information content (AvgIpc) is 3.35. The van der Waals surface area contributed by atoms with Gasteiger partial charge in [0.15, 0.2) is 0 Å². The van der Waals surface area contributed by atoms with Gasteiger partial charge in [-0.2, -0.15) is 5.26 Å². The van der Waals surface area contributed by atoms with Crippen LogP contribution < -0.4 is 21.3 Å². The zero-order valence-corrected chi connectivity index (χ0v) is 22.1. The van der Waals surface area contributed by atoms with Crippen LogP contribution in [0.15, 0.2) is 66.9 Å². The molecule has 1 saturated heterocycles. The number of carbonyl (C=O) groups is 2. The maximum atomic E-state index is 13.4. The molecular weight excluding hydrogens is 511 g/mol. The number of pyridine rings is 1. The van der Waals surface area contributed by atoms with Crippen molar-refractivity contribution in [2.75, 3.05) is 11.9 Å². The van der Waals surface area contributed by atoms with Crippen molar-refractivity contribution < 1.29 is 18.7 Å². The van der Waals surface area contributed by atoms with E-state index < -0.39 is 11.9 Å². The zero-order valence-electron chi connectivity index (χ0n) is 22.1. The number of hydrogen-bond donors (Lipinski definition) is 4. The van der Waals surface area contributed by atoms with Gasteiger partial charge < -0.3 is 26.0 Å². The second-order valence-corrected chi connectivity index (χ2v) is 10.2. The SMILES string of the molecule is C[C@H](NC(=O)c1cc(C#N)cnc1N[C@@H](COC1CCC2NC(=O)NC2C1)c1ccccc1)c1ccc(F)cc1. The lowest BCUT2D eigenvalue weighted by atomic mass is 9.89. The summed E-state index contributed by atoms with van der Waals surface area (Å²) in [6.07, 6.45) is 3.78. The molecule has 3 aromatic rings. The molecule has 2 aromatic carbocycles. The largest absolute Gasteiger partial charge is 0.376 e. The highest BCUT2D eigenvalue weighted by Gasteiger charge is 2.37. The van der Waals surface area contributed by atoms with Crippen LogP contribution in [-0.2, 0) is 4.74 Å².